The molecule has 3 heteroatoms. The number of amides is 1. The summed E-state index contributed by atoms with van der Waals surface area (Å²) in [6, 6.07) is 7.90. The molecule has 0 saturated heterocycles. The molecule has 147 valence electrons. The van der Waals surface area contributed by atoms with Crippen molar-refractivity contribution in [3.8, 4) is 5.75 Å². The van der Waals surface area contributed by atoms with Gasteiger partial charge in [0, 0.05) is 0 Å². The normalized spacial score (nSPS) is 10.8. The largest absolute Gasteiger partial charge is 0.484 e. The van der Waals surface area contributed by atoms with Gasteiger partial charge in [-0.15, -0.1) is 0 Å². The van der Waals surface area contributed by atoms with E-state index in [0.29, 0.717) is 5.75 Å². The summed E-state index contributed by atoms with van der Waals surface area (Å²) in [6.45, 7) is 2.11. The summed E-state index contributed by atoms with van der Waals surface area (Å²) in [5.74, 6) is 0.00434. The third-order valence-corrected chi connectivity index (χ3v) is 4.84. The summed E-state index contributed by atoms with van der Waals surface area (Å²) in [6.07, 6.45) is 18.9. The number of nitrogens with one attached hydrogen (secondary N) is 1. The van der Waals surface area contributed by atoms with E-state index in [4.69, 9.17) is 10.5 Å². The van der Waals surface area contributed by atoms with Crippen LogP contribution in [0.4, 0.5) is 0 Å². The zero-order valence-corrected chi connectivity index (χ0v) is 16.7. The van der Waals surface area contributed by atoms with E-state index in [1.165, 1.54) is 89.0 Å². The number of carbonyl (C=O) groups is 1. The van der Waals surface area contributed by atoms with Crippen LogP contribution in [0.5, 0.6) is 5.75 Å². The van der Waals surface area contributed by atoms with Gasteiger partial charge in [-0.05, 0) is 30.5 Å². The van der Waals surface area contributed by atoms with Crippen molar-refractivity contribution in [2.24, 2.45) is 0 Å². The molecule has 1 amide bonds. The maximum Gasteiger partial charge on any atom is 0.276 e. The first-order chi connectivity index (χ1) is 12.7. The van der Waals surface area contributed by atoms with Gasteiger partial charge in [-0.25, -0.2) is 0 Å². The van der Waals surface area contributed by atoms with Crippen LogP contribution in [0.25, 0.3) is 0 Å². The molecule has 0 saturated carbocycles. The van der Waals surface area contributed by atoms with Gasteiger partial charge in [0.1, 0.15) is 5.75 Å². The van der Waals surface area contributed by atoms with Gasteiger partial charge in [0.25, 0.3) is 5.91 Å². The fourth-order valence-corrected chi connectivity index (χ4v) is 3.29. The number of hydrogen-bond donors (Lipinski definition) is 0. The van der Waals surface area contributed by atoms with E-state index in [1.807, 2.05) is 18.2 Å². The fraction of sp³-hybridized carbons (Fsp3) is 0.696. The molecule has 0 heterocycles. The Morgan fingerprint density at radius 2 is 1.38 bits per heavy atom. The molecule has 1 aromatic carbocycles. The van der Waals surface area contributed by atoms with E-state index >= 15 is 0 Å². The lowest BCUT2D eigenvalue weighted by Crippen LogP contribution is -2.11. The third-order valence-electron chi connectivity index (χ3n) is 4.84. The summed E-state index contributed by atoms with van der Waals surface area (Å²) in [7, 11) is 0. The first-order valence-corrected chi connectivity index (χ1v) is 10.7. The highest BCUT2D eigenvalue weighted by atomic mass is 16.5. The molecule has 0 aliphatic carbocycles. The minimum atomic E-state index is -0.688. The minimum absolute atomic E-state index is 0.164. The summed E-state index contributed by atoms with van der Waals surface area (Å²) >= 11 is 0. The lowest BCUT2D eigenvalue weighted by atomic mass is 10.0. The van der Waals surface area contributed by atoms with Crippen molar-refractivity contribution in [2.45, 2.75) is 96.8 Å². The number of rotatable bonds is 17. The van der Waals surface area contributed by atoms with Gasteiger partial charge in [-0.1, -0.05) is 96.1 Å². The van der Waals surface area contributed by atoms with E-state index < -0.39 is 5.91 Å². The molecular weight excluding hydrogens is 322 g/mol. The van der Waals surface area contributed by atoms with Crippen LogP contribution in [-0.4, -0.2) is 12.5 Å². The Morgan fingerprint density at radius 1 is 0.846 bits per heavy atom. The zero-order chi connectivity index (χ0) is 18.9. The molecule has 1 rings (SSSR count). The van der Waals surface area contributed by atoms with E-state index in [-0.39, 0.29) is 6.61 Å². The van der Waals surface area contributed by atoms with Crippen molar-refractivity contribution in [1.82, 2.24) is 5.73 Å². The van der Waals surface area contributed by atoms with E-state index in [9.17, 15) is 4.79 Å². The lowest BCUT2D eigenvalue weighted by molar-refractivity contribution is -0.120. The molecule has 0 aromatic heterocycles. The van der Waals surface area contributed by atoms with Gasteiger partial charge in [0.05, 0.1) is 0 Å². The molecule has 0 fully saturated rings. The minimum Gasteiger partial charge on any atom is -0.484 e. The highest BCUT2D eigenvalue weighted by Gasteiger charge is 2.00. The third kappa shape index (κ3) is 12.8. The van der Waals surface area contributed by atoms with E-state index in [1.54, 1.807) is 0 Å². The van der Waals surface area contributed by atoms with Crippen molar-refractivity contribution >= 4 is 5.91 Å². The van der Waals surface area contributed by atoms with Crippen molar-refractivity contribution in [3.63, 3.8) is 0 Å². The maximum atomic E-state index is 10.7. The summed E-state index contributed by atoms with van der Waals surface area (Å²) in [5, 5.41) is 0. The van der Waals surface area contributed by atoms with Crippen LogP contribution in [0.3, 0.4) is 0 Å². The predicted octanol–water partition coefficient (Wildman–Crippen LogP) is 6.51. The number of unbranched alkanes of at least 4 members (excludes halogenated alkanes) is 12. The topological polar surface area (TPSA) is 50.1 Å². The van der Waals surface area contributed by atoms with Gasteiger partial charge >= 0.3 is 0 Å². The van der Waals surface area contributed by atoms with Crippen LogP contribution >= 0.6 is 0 Å². The second kappa shape index (κ2) is 15.7. The molecule has 26 heavy (non-hydrogen) atoms. The second-order valence-corrected chi connectivity index (χ2v) is 7.35. The molecule has 0 spiro atoms. The highest BCUT2D eigenvalue weighted by Crippen LogP contribution is 2.17. The fourth-order valence-electron chi connectivity index (χ4n) is 3.29. The van der Waals surface area contributed by atoms with Crippen molar-refractivity contribution < 1.29 is 9.53 Å². The summed E-state index contributed by atoms with van der Waals surface area (Å²) < 4.78 is 5.29. The molecule has 0 bridgehead atoms. The Kier molecular flexibility index (Phi) is 13.6. The van der Waals surface area contributed by atoms with Crippen LogP contribution < -0.4 is 10.5 Å². The predicted molar refractivity (Wildman–Crippen MR) is 109 cm³/mol. The standard InChI is InChI=1S/C23H38NO2/c1-2-3-4-5-6-7-8-9-10-11-12-13-14-16-21-17-15-18-22(19-21)26-20-23(24)25/h15,17-19,24H,2-14,16,20H2,1H3. The van der Waals surface area contributed by atoms with Crippen LogP contribution in [0.1, 0.15) is 96.0 Å². The van der Waals surface area contributed by atoms with Crippen LogP contribution in [0.15, 0.2) is 24.3 Å². The first kappa shape index (κ1) is 22.5. The second-order valence-electron chi connectivity index (χ2n) is 7.35. The Balaban J connectivity index is 1.94. The quantitative estimate of drug-likeness (QED) is 0.297. The smallest absolute Gasteiger partial charge is 0.276 e. The monoisotopic (exact) mass is 360 g/mol. The number of ether oxygens (including phenoxy) is 1. The van der Waals surface area contributed by atoms with Crippen molar-refractivity contribution in [2.75, 3.05) is 6.61 Å². The molecule has 1 aromatic rings. The molecule has 0 aliphatic rings. The number of benzene rings is 1. The van der Waals surface area contributed by atoms with E-state index in [0.717, 1.165) is 6.42 Å². The lowest BCUT2D eigenvalue weighted by Gasteiger charge is -2.06. The molecule has 1 radical (unpaired) electrons. The van der Waals surface area contributed by atoms with Gasteiger partial charge in [0.15, 0.2) is 6.61 Å². The number of aryl methyl sites for hydroxylation is 1. The highest BCUT2D eigenvalue weighted by molar-refractivity contribution is 5.74. The molecule has 1 N–H and O–H groups in total. The average molecular weight is 361 g/mol. The summed E-state index contributed by atoms with van der Waals surface area (Å²) in [5.41, 5.74) is 8.13. The summed E-state index contributed by atoms with van der Waals surface area (Å²) in [4.78, 5) is 10.7. The number of hydrogen-bond acceptors (Lipinski definition) is 2. The molecular formula is C23H38NO2. The Labute approximate surface area is 160 Å². The molecule has 0 atom stereocenters. The van der Waals surface area contributed by atoms with Gasteiger partial charge in [0.2, 0.25) is 0 Å². The molecule has 0 aliphatic heterocycles. The number of carbonyl (C=O) groups excluding carboxylic acids is 1. The average Bonchev–Trinajstić information content (AvgIpc) is 2.64. The Morgan fingerprint density at radius 3 is 1.92 bits per heavy atom. The van der Waals surface area contributed by atoms with E-state index in [2.05, 4.69) is 13.0 Å². The molecule has 0 unspecified atom stereocenters. The maximum absolute atomic E-state index is 10.7. The molecule has 3 nitrogen and oxygen atoms in total. The van der Waals surface area contributed by atoms with Crippen molar-refractivity contribution in [3.05, 3.63) is 29.8 Å². The van der Waals surface area contributed by atoms with Gasteiger partial charge in [-0.2, -0.15) is 0 Å². The zero-order valence-electron chi connectivity index (χ0n) is 16.7. The Hall–Kier alpha value is -1.51. The van der Waals surface area contributed by atoms with Crippen molar-refractivity contribution in [1.29, 1.82) is 0 Å². The van der Waals surface area contributed by atoms with Crippen LogP contribution in [0, 0.1) is 0 Å². The van der Waals surface area contributed by atoms with Crippen LogP contribution in [-0.2, 0) is 11.2 Å². The van der Waals surface area contributed by atoms with Crippen LogP contribution in [0.2, 0.25) is 0 Å². The first-order valence-electron chi connectivity index (χ1n) is 10.7. The Bertz CT molecular complexity index is 473. The van der Waals surface area contributed by atoms with Gasteiger partial charge in [-0.3, -0.25) is 10.5 Å². The van der Waals surface area contributed by atoms with Gasteiger partial charge < -0.3 is 4.74 Å². The SMILES string of the molecule is CCCCCCCCCCCCCCCc1cccc(OCC([NH])=O)c1.